The molecule has 156 valence electrons. The van der Waals surface area contributed by atoms with Crippen molar-refractivity contribution in [2.24, 2.45) is 0 Å². The Kier molecular flexibility index (Phi) is 5.67. The molecule has 3 fully saturated rings. The molecule has 3 aliphatic rings. The third-order valence-electron chi connectivity index (χ3n) is 5.71. The van der Waals surface area contributed by atoms with Gasteiger partial charge in [0.15, 0.2) is 0 Å². The maximum absolute atomic E-state index is 12.8. The number of hydrogen-bond acceptors (Lipinski definition) is 6. The molecule has 3 aliphatic heterocycles. The molecule has 29 heavy (non-hydrogen) atoms. The van der Waals surface area contributed by atoms with E-state index in [1.54, 1.807) is 17.0 Å². The van der Waals surface area contributed by atoms with Crippen LogP contribution in [0.5, 0.6) is 0 Å². The van der Waals surface area contributed by atoms with Crippen LogP contribution in [0.2, 0.25) is 0 Å². The van der Waals surface area contributed by atoms with E-state index < -0.39 is 10.0 Å². The van der Waals surface area contributed by atoms with Crippen molar-refractivity contribution in [3.05, 3.63) is 29.8 Å². The van der Waals surface area contributed by atoms with Gasteiger partial charge in [-0.3, -0.25) is 19.3 Å². The number of hydrogen-bond donors (Lipinski definition) is 0. The van der Waals surface area contributed by atoms with Crippen molar-refractivity contribution < 1.29 is 22.8 Å². The number of imide groups is 1. The Balaban J connectivity index is 1.39. The zero-order valence-electron chi connectivity index (χ0n) is 16.0. The van der Waals surface area contributed by atoms with E-state index in [-0.39, 0.29) is 33.7 Å². The second-order valence-electron chi connectivity index (χ2n) is 7.48. The Labute approximate surface area is 174 Å². The van der Waals surface area contributed by atoms with Crippen molar-refractivity contribution in [2.75, 3.05) is 31.9 Å². The summed E-state index contributed by atoms with van der Waals surface area (Å²) >= 11 is 1.03. The molecule has 1 aromatic rings. The van der Waals surface area contributed by atoms with Gasteiger partial charge >= 0.3 is 0 Å². The van der Waals surface area contributed by atoms with Crippen molar-refractivity contribution in [1.29, 1.82) is 0 Å². The third kappa shape index (κ3) is 3.93. The molecule has 4 rings (SSSR count). The van der Waals surface area contributed by atoms with E-state index >= 15 is 0 Å². The van der Waals surface area contributed by atoms with Crippen LogP contribution in [0.4, 0.5) is 4.79 Å². The van der Waals surface area contributed by atoms with Crippen LogP contribution >= 0.6 is 11.8 Å². The topological polar surface area (TPSA) is 95.1 Å². The molecule has 3 amide bonds. The number of piperidine rings is 1. The monoisotopic (exact) mass is 437 g/mol. The quantitative estimate of drug-likeness (QED) is 0.713. The van der Waals surface area contributed by atoms with Crippen LogP contribution in [-0.2, 0) is 14.8 Å². The molecule has 0 unspecified atom stereocenters. The van der Waals surface area contributed by atoms with Crippen molar-refractivity contribution in [2.45, 2.75) is 36.6 Å². The van der Waals surface area contributed by atoms with Crippen molar-refractivity contribution in [3.63, 3.8) is 0 Å². The summed E-state index contributed by atoms with van der Waals surface area (Å²) in [5, 5.41) is -0.199. The SMILES string of the molecule is O=C(c1ccc(S(=O)(=O)N2CCCC2)cc1)N1CCC(N2C(=O)CSC2=O)CC1. The average molecular weight is 438 g/mol. The molecule has 3 heterocycles. The summed E-state index contributed by atoms with van der Waals surface area (Å²) in [7, 11) is -3.50. The summed E-state index contributed by atoms with van der Waals surface area (Å²) in [6.07, 6.45) is 2.87. The van der Waals surface area contributed by atoms with Crippen LogP contribution in [-0.4, -0.2) is 77.6 Å². The van der Waals surface area contributed by atoms with Gasteiger partial charge in [0.2, 0.25) is 15.9 Å². The third-order valence-corrected chi connectivity index (χ3v) is 8.45. The highest BCUT2D eigenvalue weighted by atomic mass is 32.2. The van der Waals surface area contributed by atoms with Crippen LogP contribution in [0, 0.1) is 0 Å². The minimum absolute atomic E-state index is 0.151. The molecule has 0 radical (unpaired) electrons. The van der Waals surface area contributed by atoms with Crippen molar-refractivity contribution in [1.82, 2.24) is 14.1 Å². The Bertz CT molecular complexity index is 902. The molecule has 10 heteroatoms. The van der Waals surface area contributed by atoms with Crippen LogP contribution in [0.3, 0.4) is 0 Å². The molecule has 1 aromatic carbocycles. The maximum Gasteiger partial charge on any atom is 0.289 e. The molecule has 0 saturated carbocycles. The summed E-state index contributed by atoms with van der Waals surface area (Å²) < 4.78 is 26.7. The van der Waals surface area contributed by atoms with Gasteiger partial charge < -0.3 is 4.90 Å². The number of benzene rings is 1. The smallest absolute Gasteiger partial charge is 0.289 e. The number of likely N-dealkylation sites (tertiary alicyclic amines) is 1. The zero-order chi connectivity index (χ0) is 20.6. The minimum atomic E-state index is -3.50. The van der Waals surface area contributed by atoms with E-state index in [4.69, 9.17) is 0 Å². The Morgan fingerprint density at radius 3 is 2.14 bits per heavy atom. The van der Waals surface area contributed by atoms with Gasteiger partial charge in [-0.15, -0.1) is 0 Å². The van der Waals surface area contributed by atoms with Gasteiger partial charge in [0.25, 0.3) is 11.1 Å². The van der Waals surface area contributed by atoms with Crippen molar-refractivity contribution in [3.8, 4) is 0 Å². The van der Waals surface area contributed by atoms with E-state index in [1.807, 2.05) is 0 Å². The van der Waals surface area contributed by atoms with Gasteiger partial charge in [-0.1, -0.05) is 11.8 Å². The summed E-state index contributed by atoms with van der Waals surface area (Å²) in [5.41, 5.74) is 0.438. The van der Waals surface area contributed by atoms with Gasteiger partial charge in [-0.05, 0) is 49.9 Å². The fraction of sp³-hybridized carbons (Fsp3) is 0.526. The largest absolute Gasteiger partial charge is 0.338 e. The van der Waals surface area contributed by atoms with E-state index in [2.05, 4.69) is 0 Å². The molecule has 0 bridgehead atoms. The highest BCUT2D eigenvalue weighted by Crippen LogP contribution is 2.27. The lowest BCUT2D eigenvalue weighted by atomic mass is 10.0. The molecule has 8 nitrogen and oxygen atoms in total. The minimum Gasteiger partial charge on any atom is -0.338 e. The highest BCUT2D eigenvalue weighted by molar-refractivity contribution is 8.14. The molecular formula is C19H23N3O5S2. The molecule has 0 N–H and O–H groups in total. The molecular weight excluding hydrogens is 414 g/mol. The lowest BCUT2D eigenvalue weighted by molar-refractivity contribution is -0.126. The predicted octanol–water partition coefficient (Wildman–Crippen LogP) is 1.77. The van der Waals surface area contributed by atoms with Crippen LogP contribution in [0.1, 0.15) is 36.0 Å². The lowest BCUT2D eigenvalue weighted by Crippen LogP contribution is -2.48. The number of sulfonamides is 1. The Morgan fingerprint density at radius 2 is 1.59 bits per heavy atom. The fourth-order valence-corrected chi connectivity index (χ4v) is 6.37. The predicted molar refractivity (Wildman–Crippen MR) is 108 cm³/mol. The summed E-state index contributed by atoms with van der Waals surface area (Å²) in [5.74, 6) is -0.119. The fourth-order valence-electron chi connectivity index (χ4n) is 4.07. The molecule has 3 saturated heterocycles. The average Bonchev–Trinajstić information content (AvgIpc) is 3.38. The van der Waals surface area contributed by atoms with Gasteiger partial charge in [-0.2, -0.15) is 4.31 Å². The number of rotatable bonds is 4. The van der Waals surface area contributed by atoms with E-state index in [0.717, 1.165) is 24.6 Å². The number of amides is 3. The summed E-state index contributed by atoms with van der Waals surface area (Å²) in [6, 6.07) is 5.95. The number of thioether (sulfide) groups is 1. The highest BCUT2D eigenvalue weighted by Gasteiger charge is 2.38. The van der Waals surface area contributed by atoms with Crippen LogP contribution in [0.25, 0.3) is 0 Å². The maximum atomic E-state index is 12.8. The second-order valence-corrected chi connectivity index (χ2v) is 10.3. The van der Waals surface area contributed by atoms with E-state index in [9.17, 15) is 22.8 Å². The Morgan fingerprint density at radius 1 is 0.966 bits per heavy atom. The number of carbonyl (C=O) groups excluding carboxylic acids is 3. The lowest BCUT2D eigenvalue weighted by Gasteiger charge is -2.35. The number of carbonyl (C=O) groups is 3. The van der Waals surface area contributed by atoms with Gasteiger partial charge in [0, 0.05) is 37.8 Å². The zero-order valence-corrected chi connectivity index (χ0v) is 17.6. The summed E-state index contributed by atoms with van der Waals surface area (Å²) in [6.45, 7) is 2.00. The van der Waals surface area contributed by atoms with E-state index in [0.29, 0.717) is 44.6 Å². The molecule has 0 spiro atoms. The first kappa shape index (κ1) is 20.4. The molecule has 0 aliphatic carbocycles. The number of nitrogens with zero attached hydrogens (tertiary/aromatic N) is 3. The van der Waals surface area contributed by atoms with Crippen LogP contribution in [0.15, 0.2) is 29.2 Å². The molecule has 0 aromatic heterocycles. The Hall–Kier alpha value is -1.91. The first-order valence-corrected chi connectivity index (χ1v) is 12.2. The van der Waals surface area contributed by atoms with Crippen molar-refractivity contribution >= 4 is 38.8 Å². The van der Waals surface area contributed by atoms with Crippen LogP contribution < -0.4 is 0 Å². The first-order chi connectivity index (χ1) is 13.9. The summed E-state index contributed by atoms with van der Waals surface area (Å²) in [4.78, 5) is 39.8. The molecule has 0 atom stereocenters. The normalized spacial score (nSPS) is 21.9. The van der Waals surface area contributed by atoms with Gasteiger partial charge in [0.05, 0.1) is 10.6 Å². The second kappa shape index (κ2) is 8.08. The van der Waals surface area contributed by atoms with Gasteiger partial charge in [-0.25, -0.2) is 8.42 Å². The van der Waals surface area contributed by atoms with E-state index in [1.165, 1.54) is 21.3 Å². The van der Waals surface area contributed by atoms with Gasteiger partial charge in [0.1, 0.15) is 0 Å². The first-order valence-electron chi connectivity index (χ1n) is 9.76. The standard InChI is InChI=1S/C19H23N3O5S2/c23-17-13-28-19(25)22(17)15-7-11-20(12-8-15)18(24)14-3-5-16(6-4-14)29(26,27)21-9-1-2-10-21/h3-6,15H,1-2,7-13H2.